The van der Waals surface area contributed by atoms with Crippen molar-refractivity contribution in [2.45, 2.75) is 13.3 Å². The lowest BCUT2D eigenvalue weighted by Gasteiger charge is -2.09. The lowest BCUT2D eigenvalue weighted by molar-refractivity contribution is 0.415. The highest BCUT2D eigenvalue weighted by atomic mass is 32.1. The SMILES string of the molecule is CCc1cc2c(Nc3ccc(OC)cc3)nc(-c3ccccc3)nc2s1. The number of anilines is 2. The number of thiophene rings is 1. The number of fused-ring (bicyclic) bond motifs is 1. The van der Waals surface area contributed by atoms with E-state index < -0.39 is 0 Å². The zero-order valence-electron chi connectivity index (χ0n) is 14.7. The molecule has 0 saturated heterocycles. The van der Waals surface area contributed by atoms with E-state index in [-0.39, 0.29) is 0 Å². The van der Waals surface area contributed by atoms with Crippen LogP contribution in [0.25, 0.3) is 21.6 Å². The summed E-state index contributed by atoms with van der Waals surface area (Å²) >= 11 is 1.73. The van der Waals surface area contributed by atoms with Gasteiger partial charge in [-0.15, -0.1) is 11.3 Å². The van der Waals surface area contributed by atoms with E-state index in [0.29, 0.717) is 0 Å². The number of ether oxygens (including phenoxy) is 1. The molecule has 0 saturated carbocycles. The van der Waals surface area contributed by atoms with Gasteiger partial charge in [0.2, 0.25) is 0 Å². The van der Waals surface area contributed by atoms with Crippen LogP contribution >= 0.6 is 11.3 Å². The third-order valence-electron chi connectivity index (χ3n) is 4.18. The average Bonchev–Trinajstić information content (AvgIpc) is 3.13. The number of aryl methyl sites for hydroxylation is 1. The van der Waals surface area contributed by atoms with Gasteiger partial charge in [0, 0.05) is 16.1 Å². The molecule has 2 aromatic heterocycles. The van der Waals surface area contributed by atoms with Crippen LogP contribution in [0.3, 0.4) is 0 Å². The van der Waals surface area contributed by atoms with E-state index in [9.17, 15) is 0 Å². The predicted molar refractivity (Wildman–Crippen MR) is 109 cm³/mol. The van der Waals surface area contributed by atoms with Crippen molar-refractivity contribution in [1.82, 2.24) is 9.97 Å². The number of aromatic nitrogens is 2. The van der Waals surface area contributed by atoms with Gasteiger partial charge in [0.25, 0.3) is 0 Å². The van der Waals surface area contributed by atoms with Gasteiger partial charge in [0.15, 0.2) is 5.82 Å². The third-order valence-corrected chi connectivity index (χ3v) is 5.35. The first-order valence-electron chi connectivity index (χ1n) is 8.54. The van der Waals surface area contributed by atoms with Crippen LogP contribution in [-0.4, -0.2) is 17.1 Å². The number of nitrogens with one attached hydrogen (secondary N) is 1. The molecule has 0 aliphatic carbocycles. The first-order chi connectivity index (χ1) is 12.8. The Kier molecular flexibility index (Phi) is 4.54. The van der Waals surface area contributed by atoms with Crippen LogP contribution < -0.4 is 10.1 Å². The molecule has 26 heavy (non-hydrogen) atoms. The number of hydrogen-bond acceptors (Lipinski definition) is 5. The Morgan fingerprint density at radius 1 is 1.00 bits per heavy atom. The van der Waals surface area contributed by atoms with Gasteiger partial charge < -0.3 is 10.1 Å². The van der Waals surface area contributed by atoms with Gasteiger partial charge in [-0.1, -0.05) is 37.3 Å². The lowest BCUT2D eigenvalue weighted by Crippen LogP contribution is -1.98. The standard InChI is InChI=1S/C21H19N3OS/c1-3-17-13-18-20(22-15-9-11-16(25-2)12-10-15)23-19(24-21(18)26-17)14-7-5-4-6-8-14/h4-13H,3H2,1-2H3,(H,22,23,24). The Hall–Kier alpha value is -2.92. The number of rotatable bonds is 5. The number of methoxy groups -OCH3 is 1. The van der Waals surface area contributed by atoms with Crippen molar-refractivity contribution in [3.63, 3.8) is 0 Å². The molecule has 4 nitrogen and oxygen atoms in total. The summed E-state index contributed by atoms with van der Waals surface area (Å²) in [6.07, 6.45) is 0.990. The minimum Gasteiger partial charge on any atom is -0.497 e. The van der Waals surface area contributed by atoms with Crippen molar-refractivity contribution in [3.05, 3.63) is 65.5 Å². The molecular weight excluding hydrogens is 342 g/mol. The topological polar surface area (TPSA) is 47.0 Å². The van der Waals surface area contributed by atoms with Crippen molar-refractivity contribution in [2.75, 3.05) is 12.4 Å². The maximum absolute atomic E-state index is 5.23. The monoisotopic (exact) mass is 361 g/mol. The largest absolute Gasteiger partial charge is 0.497 e. The number of hydrogen-bond donors (Lipinski definition) is 1. The Balaban J connectivity index is 1.81. The summed E-state index contributed by atoms with van der Waals surface area (Å²) in [5, 5.41) is 4.50. The van der Waals surface area contributed by atoms with E-state index in [1.54, 1.807) is 18.4 Å². The quantitative estimate of drug-likeness (QED) is 0.497. The van der Waals surface area contributed by atoms with Gasteiger partial charge in [0.1, 0.15) is 16.4 Å². The molecule has 130 valence electrons. The van der Waals surface area contributed by atoms with Crippen LogP contribution in [0.2, 0.25) is 0 Å². The van der Waals surface area contributed by atoms with Crippen LogP contribution in [0, 0.1) is 0 Å². The molecule has 0 spiro atoms. The Labute approximate surface area is 156 Å². The minimum atomic E-state index is 0.735. The van der Waals surface area contributed by atoms with Gasteiger partial charge >= 0.3 is 0 Å². The smallest absolute Gasteiger partial charge is 0.163 e. The molecule has 0 atom stereocenters. The average molecular weight is 361 g/mol. The second-order valence-electron chi connectivity index (χ2n) is 5.90. The van der Waals surface area contributed by atoms with Gasteiger partial charge in [-0.3, -0.25) is 0 Å². The van der Waals surface area contributed by atoms with Crippen LogP contribution in [-0.2, 0) is 6.42 Å². The van der Waals surface area contributed by atoms with Crippen LogP contribution in [0.1, 0.15) is 11.8 Å². The molecule has 4 aromatic rings. The van der Waals surface area contributed by atoms with E-state index in [1.807, 2.05) is 54.6 Å². The normalized spacial score (nSPS) is 10.8. The van der Waals surface area contributed by atoms with Crippen LogP contribution in [0.4, 0.5) is 11.5 Å². The summed E-state index contributed by atoms with van der Waals surface area (Å²) in [4.78, 5) is 11.9. The zero-order valence-corrected chi connectivity index (χ0v) is 15.5. The zero-order chi connectivity index (χ0) is 17.9. The number of benzene rings is 2. The van der Waals surface area contributed by atoms with E-state index in [2.05, 4.69) is 18.3 Å². The first-order valence-corrected chi connectivity index (χ1v) is 9.35. The summed E-state index contributed by atoms with van der Waals surface area (Å²) in [6, 6.07) is 20.1. The predicted octanol–water partition coefficient (Wildman–Crippen LogP) is 5.67. The van der Waals surface area contributed by atoms with Crippen LogP contribution in [0.5, 0.6) is 5.75 Å². The molecule has 0 unspecified atom stereocenters. The Bertz CT molecular complexity index is 1030. The van der Waals surface area contributed by atoms with Crippen molar-refractivity contribution >= 4 is 33.1 Å². The molecule has 2 heterocycles. The van der Waals surface area contributed by atoms with Crippen molar-refractivity contribution in [1.29, 1.82) is 0 Å². The fourth-order valence-electron chi connectivity index (χ4n) is 2.77. The first kappa shape index (κ1) is 16.5. The molecular formula is C21H19N3OS. The maximum atomic E-state index is 5.23. The van der Waals surface area contributed by atoms with Crippen molar-refractivity contribution < 1.29 is 4.74 Å². The van der Waals surface area contributed by atoms with E-state index in [4.69, 9.17) is 14.7 Å². The summed E-state index contributed by atoms with van der Waals surface area (Å²) in [5.41, 5.74) is 1.98. The highest BCUT2D eigenvalue weighted by molar-refractivity contribution is 7.18. The molecule has 0 aliphatic rings. The van der Waals surface area contributed by atoms with E-state index >= 15 is 0 Å². The maximum Gasteiger partial charge on any atom is 0.163 e. The second kappa shape index (κ2) is 7.14. The lowest BCUT2D eigenvalue weighted by atomic mass is 10.2. The Morgan fingerprint density at radius 2 is 1.77 bits per heavy atom. The molecule has 1 N–H and O–H groups in total. The van der Waals surface area contributed by atoms with Gasteiger partial charge in [-0.05, 0) is 36.8 Å². The summed E-state index contributed by atoms with van der Waals surface area (Å²) in [6.45, 7) is 2.16. The van der Waals surface area contributed by atoms with Gasteiger partial charge in [-0.2, -0.15) is 0 Å². The van der Waals surface area contributed by atoms with Crippen LogP contribution in [0.15, 0.2) is 60.7 Å². The fourth-order valence-corrected chi connectivity index (χ4v) is 3.74. The molecule has 0 radical (unpaired) electrons. The van der Waals surface area contributed by atoms with Crippen molar-refractivity contribution in [2.24, 2.45) is 0 Å². The molecule has 4 rings (SSSR count). The second-order valence-corrected chi connectivity index (χ2v) is 7.02. The minimum absolute atomic E-state index is 0.735. The molecule has 5 heteroatoms. The molecule has 0 aliphatic heterocycles. The van der Waals surface area contributed by atoms with Gasteiger partial charge in [-0.25, -0.2) is 9.97 Å². The molecule has 0 bridgehead atoms. The highest BCUT2D eigenvalue weighted by Gasteiger charge is 2.13. The fraction of sp³-hybridized carbons (Fsp3) is 0.143. The number of nitrogens with zero attached hydrogens (tertiary/aromatic N) is 2. The summed E-state index contributed by atoms with van der Waals surface area (Å²) < 4.78 is 5.23. The Morgan fingerprint density at radius 3 is 2.46 bits per heavy atom. The molecule has 2 aromatic carbocycles. The van der Waals surface area contributed by atoms with Gasteiger partial charge in [0.05, 0.1) is 12.5 Å². The van der Waals surface area contributed by atoms with E-state index in [0.717, 1.165) is 45.3 Å². The third kappa shape index (κ3) is 3.26. The molecule has 0 fully saturated rings. The summed E-state index contributed by atoms with van der Waals surface area (Å²) in [7, 11) is 1.67. The van der Waals surface area contributed by atoms with Crippen molar-refractivity contribution in [3.8, 4) is 17.1 Å². The molecule has 0 amide bonds. The highest BCUT2D eigenvalue weighted by Crippen LogP contribution is 2.33. The summed E-state index contributed by atoms with van der Waals surface area (Å²) in [5.74, 6) is 2.39. The van der Waals surface area contributed by atoms with E-state index in [1.165, 1.54) is 4.88 Å².